The summed E-state index contributed by atoms with van der Waals surface area (Å²) >= 11 is 0. The third kappa shape index (κ3) is 2.52. The Morgan fingerprint density at radius 1 is 1.24 bits per heavy atom. The molecule has 0 N–H and O–H groups in total. The van der Waals surface area contributed by atoms with Crippen molar-refractivity contribution in [2.45, 2.75) is 38.8 Å². The van der Waals surface area contributed by atoms with Gasteiger partial charge in [-0.2, -0.15) is 13.2 Å². The smallest absolute Gasteiger partial charge is 0.293 e. The Kier molecular flexibility index (Phi) is 3.04. The minimum Gasteiger partial charge on any atom is -0.293 e. The minimum absolute atomic E-state index is 0.0738. The summed E-state index contributed by atoms with van der Waals surface area (Å²) in [6, 6.07) is 4.53. The summed E-state index contributed by atoms with van der Waals surface area (Å²) in [7, 11) is 0. The van der Waals surface area contributed by atoms with E-state index in [1.54, 1.807) is 19.1 Å². The number of benzene rings is 1. The highest BCUT2D eigenvalue weighted by Crippen LogP contribution is 2.44. The largest absolute Gasteiger partial charge is 0.418 e. The number of halogens is 3. The Morgan fingerprint density at radius 2 is 1.90 bits per heavy atom. The Labute approximate surface area is 120 Å². The van der Waals surface area contributed by atoms with Crippen LogP contribution >= 0.6 is 0 Å². The molecule has 2 nitrogen and oxygen atoms in total. The van der Waals surface area contributed by atoms with Gasteiger partial charge in [-0.05, 0) is 55.0 Å². The number of hydrogen-bond donors (Lipinski definition) is 0. The molecule has 0 radical (unpaired) electrons. The predicted molar refractivity (Wildman–Crippen MR) is 73.5 cm³/mol. The summed E-state index contributed by atoms with van der Waals surface area (Å²) in [5.74, 6) is -0.109. The molecule has 5 heteroatoms. The molecule has 3 rings (SSSR count). The number of carbonyl (C=O) groups is 1. The number of hydrogen-bond acceptors (Lipinski definition) is 2. The van der Waals surface area contributed by atoms with Crippen molar-refractivity contribution in [2.75, 3.05) is 0 Å². The van der Waals surface area contributed by atoms with Gasteiger partial charge in [-0.1, -0.05) is 0 Å². The molecule has 1 aliphatic rings. The molecule has 0 spiro atoms. The van der Waals surface area contributed by atoms with Crippen LogP contribution in [-0.2, 0) is 6.18 Å². The quantitative estimate of drug-likeness (QED) is 0.755. The average molecular weight is 293 g/mol. The van der Waals surface area contributed by atoms with Crippen molar-refractivity contribution >= 4 is 16.7 Å². The van der Waals surface area contributed by atoms with Crippen molar-refractivity contribution < 1.29 is 18.0 Å². The van der Waals surface area contributed by atoms with Gasteiger partial charge in [0.05, 0.1) is 11.1 Å². The van der Waals surface area contributed by atoms with Gasteiger partial charge in [0.25, 0.3) is 0 Å². The van der Waals surface area contributed by atoms with Crippen molar-refractivity contribution in [1.82, 2.24) is 4.98 Å². The first kappa shape index (κ1) is 14.0. The van der Waals surface area contributed by atoms with E-state index < -0.39 is 11.7 Å². The van der Waals surface area contributed by atoms with E-state index in [-0.39, 0.29) is 22.9 Å². The van der Waals surface area contributed by atoms with Gasteiger partial charge in [0.1, 0.15) is 5.69 Å². The maximum absolute atomic E-state index is 13.3. The number of rotatable bonds is 2. The van der Waals surface area contributed by atoms with Crippen LogP contribution in [0.4, 0.5) is 13.2 Å². The Morgan fingerprint density at radius 3 is 2.43 bits per heavy atom. The SMILES string of the molecule is CC(=O)c1cc(C)c2cc(C3CC3)cc(C(F)(F)F)c2n1. The maximum atomic E-state index is 13.3. The zero-order chi connectivity index (χ0) is 15.4. The summed E-state index contributed by atoms with van der Waals surface area (Å²) in [6.45, 7) is 3.02. The molecule has 1 saturated carbocycles. The van der Waals surface area contributed by atoms with E-state index in [2.05, 4.69) is 4.98 Å². The summed E-state index contributed by atoms with van der Waals surface area (Å²) in [4.78, 5) is 15.4. The van der Waals surface area contributed by atoms with Crippen LogP contribution in [0.2, 0.25) is 0 Å². The van der Waals surface area contributed by atoms with E-state index in [0.717, 1.165) is 18.4 Å². The highest BCUT2D eigenvalue weighted by Gasteiger charge is 2.36. The molecule has 1 aromatic heterocycles. The zero-order valence-electron chi connectivity index (χ0n) is 11.7. The van der Waals surface area contributed by atoms with Gasteiger partial charge >= 0.3 is 6.18 Å². The second-order valence-corrected chi connectivity index (χ2v) is 5.62. The standard InChI is InChI=1S/C16H14F3NO/c1-8-5-14(9(2)21)20-15-12(8)6-11(10-3-4-10)7-13(15)16(17,18)19/h5-7,10H,3-4H2,1-2H3. The van der Waals surface area contributed by atoms with E-state index in [4.69, 9.17) is 0 Å². The number of nitrogens with zero attached hydrogens (tertiary/aromatic N) is 1. The number of carbonyl (C=O) groups excluding carboxylic acids is 1. The number of pyridine rings is 1. The third-order valence-corrected chi connectivity index (χ3v) is 3.86. The summed E-state index contributed by atoms with van der Waals surface area (Å²) in [5, 5.41) is 0.483. The van der Waals surface area contributed by atoms with Crippen LogP contribution in [-0.4, -0.2) is 10.8 Å². The number of fused-ring (bicyclic) bond motifs is 1. The zero-order valence-corrected chi connectivity index (χ0v) is 11.7. The van der Waals surface area contributed by atoms with Gasteiger partial charge < -0.3 is 0 Å². The molecule has 0 amide bonds. The number of ketones is 1. The molecule has 0 saturated heterocycles. The molecule has 0 unspecified atom stereocenters. The third-order valence-electron chi connectivity index (χ3n) is 3.86. The van der Waals surface area contributed by atoms with Gasteiger partial charge in [-0.15, -0.1) is 0 Å². The van der Waals surface area contributed by atoms with E-state index in [1.165, 1.54) is 13.0 Å². The molecule has 110 valence electrons. The van der Waals surface area contributed by atoms with E-state index in [1.807, 2.05) is 0 Å². The first-order valence-corrected chi connectivity index (χ1v) is 6.81. The van der Waals surface area contributed by atoms with Crippen LogP contribution in [0.5, 0.6) is 0 Å². The van der Waals surface area contributed by atoms with Gasteiger partial charge in [0.2, 0.25) is 0 Å². The fourth-order valence-corrected chi connectivity index (χ4v) is 2.56. The number of alkyl halides is 3. The van der Waals surface area contributed by atoms with Crippen molar-refractivity contribution in [3.8, 4) is 0 Å². The fourth-order valence-electron chi connectivity index (χ4n) is 2.56. The van der Waals surface area contributed by atoms with Gasteiger partial charge in [-0.25, -0.2) is 4.98 Å². The molecule has 2 aromatic rings. The molecule has 1 aliphatic carbocycles. The average Bonchev–Trinajstić information content (AvgIpc) is 3.20. The molecular formula is C16H14F3NO. The molecule has 1 aromatic carbocycles. The van der Waals surface area contributed by atoms with E-state index in [0.29, 0.717) is 10.9 Å². The van der Waals surface area contributed by atoms with Crippen molar-refractivity contribution in [3.05, 3.63) is 40.6 Å². The van der Waals surface area contributed by atoms with Crippen LogP contribution in [0.25, 0.3) is 10.9 Å². The van der Waals surface area contributed by atoms with Crippen LogP contribution in [0, 0.1) is 6.92 Å². The lowest BCUT2D eigenvalue weighted by Crippen LogP contribution is -2.10. The molecular weight excluding hydrogens is 279 g/mol. The Balaban J connectivity index is 2.36. The van der Waals surface area contributed by atoms with Crippen LogP contribution in [0.1, 0.15) is 52.9 Å². The molecule has 0 aliphatic heterocycles. The first-order valence-electron chi connectivity index (χ1n) is 6.81. The second-order valence-electron chi connectivity index (χ2n) is 5.62. The predicted octanol–water partition coefficient (Wildman–Crippen LogP) is 4.64. The summed E-state index contributed by atoms with van der Waals surface area (Å²) < 4.78 is 40.0. The van der Waals surface area contributed by atoms with E-state index in [9.17, 15) is 18.0 Å². The van der Waals surface area contributed by atoms with E-state index >= 15 is 0 Å². The second kappa shape index (κ2) is 4.55. The molecule has 1 heterocycles. The maximum Gasteiger partial charge on any atom is 0.418 e. The topological polar surface area (TPSA) is 30.0 Å². The van der Waals surface area contributed by atoms with Crippen molar-refractivity contribution in [2.24, 2.45) is 0 Å². The van der Waals surface area contributed by atoms with Crippen LogP contribution in [0.3, 0.4) is 0 Å². The van der Waals surface area contributed by atoms with Crippen LogP contribution in [0.15, 0.2) is 18.2 Å². The lowest BCUT2D eigenvalue weighted by molar-refractivity contribution is -0.136. The fraction of sp³-hybridized carbons (Fsp3) is 0.375. The lowest BCUT2D eigenvalue weighted by atomic mass is 9.98. The Hall–Kier alpha value is -1.91. The molecule has 1 fully saturated rings. The highest BCUT2D eigenvalue weighted by atomic mass is 19.4. The monoisotopic (exact) mass is 293 g/mol. The molecule has 21 heavy (non-hydrogen) atoms. The van der Waals surface area contributed by atoms with Gasteiger partial charge in [0.15, 0.2) is 5.78 Å². The molecule has 0 atom stereocenters. The van der Waals surface area contributed by atoms with Crippen molar-refractivity contribution in [3.63, 3.8) is 0 Å². The van der Waals surface area contributed by atoms with Crippen LogP contribution < -0.4 is 0 Å². The highest BCUT2D eigenvalue weighted by molar-refractivity contribution is 5.96. The Bertz CT molecular complexity index is 745. The summed E-state index contributed by atoms with van der Waals surface area (Å²) in [6.07, 6.45) is -2.61. The van der Waals surface area contributed by atoms with Crippen molar-refractivity contribution in [1.29, 1.82) is 0 Å². The van der Waals surface area contributed by atoms with Gasteiger partial charge in [0, 0.05) is 12.3 Å². The number of aryl methyl sites for hydroxylation is 1. The minimum atomic E-state index is -4.47. The number of aromatic nitrogens is 1. The molecule has 0 bridgehead atoms. The summed E-state index contributed by atoms with van der Waals surface area (Å²) in [5.41, 5.74) is 0.573. The number of Topliss-reactive ketones (excluding diaryl/α,β-unsaturated/α-hetero) is 1. The lowest BCUT2D eigenvalue weighted by Gasteiger charge is -2.14. The van der Waals surface area contributed by atoms with Gasteiger partial charge in [-0.3, -0.25) is 4.79 Å². The first-order chi connectivity index (χ1) is 9.77. The normalized spacial score (nSPS) is 15.5.